The highest BCUT2D eigenvalue weighted by Crippen LogP contribution is 2.28. The summed E-state index contributed by atoms with van der Waals surface area (Å²) in [5.74, 6) is -1.14. The molecule has 0 saturated heterocycles. The topological polar surface area (TPSA) is 75.6 Å². The fourth-order valence-corrected chi connectivity index (χ4v) is 2.20. The lowest BCUT2D eigenvalue weighted by atomic mass is 10.1. The molecular formula is C15H16ClNO4. The van der Waals surface area contributed by atoms with E-state index < -0.39 is 11.9 Å². The summed E-state index contributed by atoms with van der Waals surface area (Å²) in [6.07, 6.45) is 2.17. The summed E-state index contributed by atoms with van der Waals surface area (Å²) in [6, 6.07) is 5.19. The molecule has 1 amide bonds. The highest BCUT2D eigenvalue weighted by Gasteiger charge is 2.20. The maximum absolute atomic E-state index is 12.1. The Balaban J connectivity index is 2.05. The second kappa shape index (κ2) is 6.63. The third-order valence-corrected chi connectivity index (χ3v) is 3.56. The van der Waals surface area contributed by atoms with E-state index in [1.165, 1.54) is 0 Å². The second-order valence-electron chi connectivity index (χ2n) is 4.79. The smallest absolute Gasteiger partial charge is 0.308 e. The fourth-order valence-electron chi connectivity index (χ4n) is 2.02. The van der Waals surface area contributed by atoms with Crippen molar-refractivity contribution < 1.29 is 19.4 Å². The quantitative estimate of drug-likeness (QED) is 0.875. The summed E-state index contributed by atoms with van der Waals surface area (Å²) in [7, 11) is 0. The molecule has 1 unspecified atom stereocenters. The van der Waals surface area contributed by atoms with Gasteiger partial charge in [-0.2, -0.15) is 0 Å². The van der Waals surface area contributed by atoms with Crippen LogP contribution in [0.3, 0.4) is 0 Å². The first-order valence-corrected chi connectivity index (χ1v) is 7.03. The molecule has 5 nitrogen and oxygen atoms in total. The molecule has 2 rings (SSSR count). The van der Waals surface area contributed by atoms with Gasteiger partial charge in [0, 0.05) is 17.1 Å². The molecule has 21 heavy (non-hydrogen) atoms. The van der Waals surface area contributed by atoms with Gasteiger partial charge in [0.15, 0.2) is 0 Å². The van der Waals surface area contributed by atoms with E-state index in [1.54, 1.807) is 31.2 Å². The van der Waals surface area contributed by atoms with Crippen LogP contribution in [0.4, 0.5) is 0 Å². The summed E-state index contributed by atoms with van der Waals surface area (Å²) in [5.41, 5.74) is 1.19. The first-order chi connectivity index (χ1) is 10.0. The van der Waals surface area contributed by atoms with E-state index in [9.17, 15) is 9.59 Å². The predicted molar refractivity (Wildman–Crippen MR) is 79.4 cm³/mol. The molecule has 0 aliphatic carbocycles. The Morgan fingerprint density at radius 2 is 2.24 bits per heavy atom. The summed E-state index contributed by atoms with van der Waals surface area (Å²) >= 11 is 5.91. The molecule has 2 N–H and O–H groups in total. The van der Waals surface area contributed by atoms with E-state index in [1.807, 2.05) is 0 Å². The monoisotopic (exact) mass is 309 g/mol. The number of aliphatic carboxylic acids is 1. The van der Waals surface area contributed by atoms with Gasteiger partial charge in [0.05, 0.1) is 11.5 Å². The van der Waals surface area contributed by atoms with E-state index >= 15 is 0 Å². The molecule has 0 fully saturated rings. The Morgan fingerprint density at radius 3 is 2.90 bits per heavy atom. The molecule has 1 atom stereocenters. The fraction of sp³-hybridized carbons (Fsp3) is 0.333. The third-order valence-electron chi connectivity index (χ3n) is 3.33. The maximum Gasteiger partial charge on any atom is 0.308 e. The van der Waals surface area contributed by atoms with Gasteiger partial charge in [-0.05, 0) is 30.7 Å². The van der Waals surface area contributed by atoms with Crippen LogP contribution in [0.25, 0.3) is 6.08 Å². The Hall–Kier alpha value is -2.01. The maximum atomic E-state index is 12.1. The van der Waals surface area contributed by atoms with Crippen LogP contribution in [0.15, 0.2) is 23.8 Å². The highest BCUT2D eigenvalue weighted by atomic mass is 35.5. The van der Waals surface area contributed by atoms with Gasteiger partial charge in [0.1, 0.15) is 12.4 Å². The number of halogens is 1. The van der Waals surface area contributed by atoms with E-state index in [2.05, 4.69) is 5.32 Å². The number of rotatable bonds is 5. The van der Waals surface area contributed by atoms with Crippen molar-refractivity contribution in [3.8, 4) is 5.75 Å². The summed E-state index contributed by atoms with van der Waals surface area (Å²) in [4.78, 5) is 23.0. The number of benzene rings is 1. The van der Waals surface area contributed by atoms with Crippen LogP contribution in [-0.2, 0) is 9.59 Å². The van der Waals surface area contributed by atoms with E-state index in [4.69, 9.17) is 21.4 Å². The minimum atomic E-state index is -0.913. The Labute approximate surface area is 127 Å². The minimum absolute atomic E-state index is 0.102. The lowest BCUT2D eigenvalue weighted by Crippen LogP contribution is -2.35. The number of amides is 1. The van der Waals surface area contributed by atoms with Crippen molar-refractivity contribution in [1.82, 2.24) is 5.32 Å². The molecule has 0 spiro atoms. The van der Waals surface area contributed by atoms with Crippen LogP contribution in [-0.4, -0.2) is 30.1 Å². The van der Waals surface area contributed by atoms with Crippen LogP contribution in [0.1, 0.15) is 18.9 Å². The van der Waals surface area contributed by atoms with Gasteiger partial charge in [0.2, 0.25) is 0 Å². The van der Waals surface area contributed by atoms with Crippen molar-refractivity contribution in [2.24, 2.45) is 5.92 Å². The largest absolute Gasteiger partial charge is 0.488 e. The van der Waals surface area contributed by atoms with Gasteiger partial charge in [-0.3, -0.25) is 9.59 Å². The highest BCUT2D eigenvalue weighted by molar-refractivity contribution is 6.30. The van der Waals surface area contributed by atoms with Gasteiger partial charge < -0.3 is 15.2 Å². The predicted octanol–water partition coefficient (Wildman–Crippen LogP) is 2.34. The molecule has 1 aliphatic heterocycles. The number of carbonyl (C=O) groups excluding carboxylic acids is 1. The number of carboxylic acid groups (broad SMARTS) is 1. The molecule has 0 saturated carbocycles. The van der Waals surface area contributed by atoms with E-state index in [0.29, 0.717) is 22.8 Å². The van der Waals surface area contributed by atoms with Crippen LogP contribution in [0, 0.1) is 5.92 Å². The first kappa shape index (κ1) is 15.4. The van der Waals surface area contributed by atoms with E-state index in [-0.39, 0.29) is 19.1 Å². The summed E-state index contributed by atoms with van der Waals surface area (Å²) in [5, 5.41) is 12.1. The van der Waals surface area contributed by atoms with Crippen LogP contribution in [0.5, 0.6) is 5.75 Å². The van der Waals surface area contributed by atoms with Crippen molar-refractivity contribution in [2.75, 3.05) is 13.2 Å². The number of carboxylic acids is 1. The normalized spacial score (nSPS) is 14.5. The average Bonchev–Trinajstić information content (AvgIpc) is 2.46. The molecule has 0 aromatic heterocycles. The van der Waals surface area contributed by atoms with Gasteiger partial charge in [-0.1, -0.05) is 18.5 Å². The van der Waals surface area contributed by atoms with Crippen molar-refractivity contribution in [2.45, 2.75) is 13.3 Å². The number of hydrogen-bond donors (Lipinski definition) is 2. The van der Waals surface area contributed by atoms with Crippen LogP contribution >= 0.6 is 11.6 Å². The number of fused-ring (bicyclic) bond motifs is 1. The second-order valence-corrected chi connectivity index (χ2v) is 5.23. The van der Waals surface area contributed by atoms with Crippen LogP contribution in [0.2, 0.25) is 5.02 Å². The van der Waals surface area contributed by atoms with Crippen molar-refractivity contribution >= 4 is 29.6 Å². The number of hydrogen-bond acceptors (Lipinski definition) is 3. The zero-order valence-electron chi connectivity index (χ0n) is 11.6. The molecule has 1 aromatic rings. The van der Waals surface area contributed by atoms with Crippen molar-refractivity contribution in [3.63, 3.8) is 0 Å². The third kappa shape index (κ3) is 3.76. The molecular weight excluding hydrogens is 294 g/mol. The van der Waals surface area contributed by atoms with Gasteiger partial charge >= 0.3 is 5.97 Å². The molecule has 1 aromatic carbocycles. The van der Waals surface area contributed by atoms with Gasteiger partial charge in [0.25, 0.3) is 5.91 Å². The number of ether oxygens (including phenoxy) is 1. The zero-order valence-corrected chi connectivity index (χ0v) is 12.3. The van der Waals surface area contributed by atoms with E-state index in [0.717, 1.165) is 5.56 Å². The summed E-state index contributed by atoms with van der Waals surface area (Å²) in [6.45, 7) is 2.03. The lowest BCUT2D eigenvalue weighted by Gasteiger charge is -2.18. The minimum Gasteiger partial charge on any atom is -0.488 e. The number of nitrogens with one attached hydrogen (secondary N) is 1. The SMILES string of the molecule is CCC(CNC(=O)C1=Cc2cc(Cl)ccc2OC1)C(=O)O. The van der Waals surface area contributed by atoms with Gasteiger partial charge in [-0.25, -0.2) is 0 Å². The molecule has 1 heterocycles. The summed E-state index contributed by atoms with van der Waals surface area (Å²) < 4.78 is 5.49. The Bertz CT molecular complexity index is 597. The molecule has 0 bridgehead atoms. The molecule has 112 valence electrons. The zero-order chi connectivity index (χ0) is 15.4. The van der Waals surface area contributed by atoms with Gasteiger partial charge in [-0.15, -0.1) is 0 Å². The van der Waals surface area contributed by atoms with Crippen molar-refractivity contribution in [1.29, 1.82) is 0 Å². The number of carbonyl (C=O) groups is 2. The standard InChI is InChI=1S/C15H16ClNO4/c1-2-9(15(19)20)7-17-14(18)11-5-10-6-12(16)3-4-13(10)21-8-11/h3-6,9H,2,7-8H2,1H3,(H,17,18)(H,19,20). The first-order valence-electron chi connectivity index (χ1n) is 6.65. The Morgan fingerprint density at radius 1 is 1.48 bits per heavy atom. The Kier molecular flexibility index (Phi) is 4.85. The molecule has 1 aliphatic rings. The molecule has 0 radical (unpaired) electrons. The average molecular weight is 310 g/mol. The van der Waals surface area contributed by atoms with Crippen molar-refractivity contribution in [3.05, 3.63) is 34.4 Å². The lowest BCUT2D eigenvalue weighted by molar-refractivity contribution is -0.141. The van der Waals surface area contributed by atoms with Crippen LogP contribution < -0.4 is 10.1 Å². The molecule has 6 heteroatoms.